The van der Waals surface area contributed by atoms with Gasteiger partial charge in [-0.15, -0.1) is 0 Å². The van der Waals surface area contributed by atoms with Crippen LogP contribution in [0.4, 0.5) is 4.79 Å². The molecule has 1 fully saturated rings. The van der Waals surface area contributed by atoms with Crippen LogP contribution < -0.4 is 0 Å². The Morgan fingerprint density at radius 3 is 2.50 bits per heavy atom. The summed E-state index contributed by atoms with van der Waals surface area (Å²) in [4.78, 5) is 23.5. The monoisotopic (exact) mass is 201 g/mol. The van der Waals surface area contributed by atoms with Gasteiger partial charge in [0.25, 0.3) is 5.91 Å². The highest BCUT2D eigenvalue weighted by atomic mass is 16.6. The fourth-order valence-corrected chi connectivity index (χ4v) is 1.16. The summed E-state index contributed by atoms with van der Waals surface area (Å²) in [6, 6.07) is 0. The second-order valence-electron chi connectivity index (χ2n) is 4.27. The summed E-state index contributed by atoms with van der Waals surface area (Å²) in [6.45, 7) is 5.40. The molecule has 1 heterocycles. The summed E-state index contributed by atoms with van der Waals surface area (Å²) in [7, 11) is 0. The van der Waals surface area contributed by atoms with E-state index in [9.17, 15) is 9.59 Å². The van der Waals surface area contributed by atoms with Crippen LogP contribution in [0.25, 0.3) is 0 Å². The van der Waals surface area contributed by atoms with Crippen LogP contribution in [-0.2, 0) is 9.53 Å². The highest BCUT2D eigenvalue weighted by Gasteiger charge is 2.36. The van der Waals surface area contributed by atoms with E-state index in [1.54, 1.807) is 20.8 Å². The van der Waals surface area contributed by atoms with E-state index in [2.05, 4.69) is 0 Å². The van der Waals surface area contributed by atoms with Gasteiger partial charge in [0.05, 0.1) is 0 Å². The number of amides is 2. The minimum Gasteiger partial charge on any atom is -0.443 e. The van der Waals surface area contributed by atoms with Gasteiger partial charge in [0, 0.05) is 13.0 Å². The molecule has 1 saturated heterocycles. The third-order valence-electron chi connectivity index (χ3n) is 1.79. The van der Waals surface area contributed by atoms with Gasteiger partial charge < -0.3 is 9.84 Å². The molecule has 0 aliphatic carbocycles. The molecule has 1 atom stereocenters. The van der Waals surface area contributed by atoms with Crippen molar-refractivity contribution in [3.8, 4) is 0 Å². The third kappa shape index (κ3) is 2.45. The maximum atomic E-state index is 11.4. The van der Waals surface area contributed by atoms with Gasteiger partial charge in [-0.2, -0.15) is 0 Å². The molecule has 5 nitrogen and oxygen atoms in total. The van der Waals surface area contributed by atoms with E-state index in [1.807, 2.05) is 0 Å². The van der Waals surface area contributed by atoms with E-state index >= 15 is 0 Å². The number of hydrogen-bond donors (Lipinski definition) is 1. The minimum atomic E-state index is -1.05. The standard InChI is InChI=1S/C9H15NO4/c1-9(2,3)14-8(13)10-5-4-6(11)7(10)12/h6,11H,4-5H2,1-3H3/t6-/m0/s1. The molecule has 0 aromatic carbocycles. The molecule has 0 unspecified atom stereocenters. The number of nitrogens with zero attached hydrogens (tertiary/aromatic N) is 1. The Morgan fingerprint density at radius 2 is 2.14 bits per heavy atom. The van der Waals surface area contributed by atoms with Crippen LogP contribution in [0.1, 0.15) is 27.2 Å². The van der Waals surface area contributed by atoms with Gasteiger partial charge in [0.1, 0.15) is 11.7 Å². The molecule has 0 aromatic heterocycles. The normalized spacial score (nSPS) is 22.7. The zero-order valence-electron chi connectivity index (χ0n) is 8.61. The van der Waals surface area contributed by atoms with Gasteiger partial charge in [-0.05, 0) is 20.8 Å². The second-order valence-corrected chi connectivity index (χ2v) is 4.27. The Labute approximate surface area is 82.6 Å². The maximum absolute atomic E-state index is 11.4. The minimum absolute atomic E-state index is 0.231. The van der Waals surface area contributed by atoms with Gasteiger partial charge in [-0.25, -0.2) is 9.69 Å². The van der Waals surface area contributed by atoms with Crippen molar-refractivity contribution in [1.82, 2.24) is 4.90 Å². The van der Waals surface area contributed by atoms with Crippen molar-refractivity contribution in [3.05, 3.63) is 0 Å². The summed E-state index contributed by atoms with van der Waals surface area (Å²) >= 11 is 0. The highest BCUT2D eigenvalue weighted by Crippen LogP contribution is 2.16. The Balaban J connectivity index is 2.59. The summed E-state index contributed by atoms with van der Waals surface area (Å²) in [6.07, 6.45) is -1.44. The fourth-order valence-electron chi connectivity index (χ4n) is 1.16. The summed E-state index contributed by atoms with van der Waals surface area (Å²) in [5.41, 5.74) is -0.620. The van der Waals surface area contributed by atoms with Gasteiger partial charge in [0.2, 0.25) is 0 Å². The fraction of sp³-hybridized carbons (Fsp3) is 0.778. The smallest absolute Gasteiger partial charge is 0.417 e. The van der Waals surface area contributed by atoms with Crippen LogP contribution in [0.2, 0.25) is 0 Å². The van der Waals surface area contributed by atoms with E-state index in [4.69, 9.17) is 9.84 Å². The number of imide groups is 1. The van der Waals surface area contributed by atoms with Crippen molar-refractivity contribution in [2.75, 3.05) is 6.54 Å². The number of rotatable bonds is 0. The lowest BCUT2D eigenvalue weighted by molar-refractivity contribution is -0.133. The molecule has 1 rings (SSSR count). The Morgan fingerprint density at radius 1 is 1.57 bits per heavy atom. The summed E-state index contributed by atoms with van der Waals surface area (Å²) in [5, 5.41) is 9.12. The van der Waals surface area contributed by atoms with Crippen molar-refractivity contribution in [2.24, 2.45) is 0 Å². The number of ether oxygens (including phenoxy) is 1. The molecule has 5 heteroatoms. The van der Waals surface area contributed by atoms with Crippen molar-refractivity contribution >= 4 is 12.0 Å². The van der Waals surface area contributed by atoms with E-state index in [1.165, 1.54) is 0 Å². The molecule has 1 aliphatic rings. The molecule has 14 heavy (non-hydrogen) atoms. The number of hydrogen-bond acceptors (Lipinski definition) is 4. The first-order valence-corrected chi connectivity index (χ1v) is 4.54. The lowest BCUT2D eigenvalue weighted by Gasteiger charge is -2.23. The lowest BCUT2D eigenvalue weighted by Crippen LogP contribution is -2.39. The molecule has 80 valence electrons. The predicted octanol–water partition coefficient (Wildman–Crippen LogP) is 0.515. The van der Waals surface area contributed by atoms with Crippen LogP contribution >= 0.6 is 0 Å². The van der Waals surface area contributed by atoms with E-state index in [0.29, 0.717) is 0 Å². The van der Waals surface area contributed by atoms with Crippen LogP contribution in [0, 0.1) is 0 Å². The Kier molecular flexibility index (Phi) is 2.80. The average molecular weight is 201 g/mol. The number of carbonyl (C=O) groups is 2. The highest BCUT2D eigenvalue weighted by molar-refractivity contribution is 5.96. The lowest BCUT2D eigenvalue weighted by atomic mass is 10.2. The molecule has 1 N–H and O–H groups in total. The number of aliphatic hydroxyl groups excluding tert-OH is 1. The zero-order chi connectivity index (χ0) is 10.9. The van der Waals surface area contributed by atoms with Gasteiger partial charge in [0.15, 0.2) is 0 Å². The zero-order valence-corrected chi connectivity index (χ0v) is 8.61. The van der Waals surface area contributed by atoms with Crippen LogP contribution in [-0.4, -0.2) is 40.3 Å². The molecular formula is C9H15NO4. The van der Waals surface area contributed by atoms with Gasteiger partial charge >= 0.3 is 6.09 Å². The molecule has 0 aromatic rings. The van der Waals surface area contributed by atoms with E-state index in [-0.39, 0.29) is 13.0 Å². The van der Waals surface area contributed by atoms with Crippen LogP contribution in [0.15, 0.2) is 0 Å². The quantitative estimate of drug-likeness (QED) is 0.620. The Bertz CT molecular complexity index is 256. The topological polar surface area (TPSA) is 66.8 Å². The second kappa shape index (κ2) is 3.57. The molecule has 0 saturated carbocycles. The first kappa shape index (κ1) is 11.0. The SMILES string of the molecule is CC(C)(C)OC(=O)N1CC[C@H](O)C1=O. The number of likely N-dealkylation sites (tertiary alicyclic amines) is 1. The molecule has 0 spiro atoms. The molecule has 0 radical (unpaired) electrons. The largest absolute Gasteiger partial charge is 0.443 e. The van der Waals surface area contributed by atoms with Crippen molar-refractivity contribution in [1.29, 1.82) is 0 Å². The van der Waals surface area contributed by atoms with E-state index in [0.717, 1.165) is 4.90 Å². The first-order valence-electron chi connectivity index (χ1n) is 4.54. The average Bonchev–Trinajstić information content (AvgIpc) is 2.29. The van der Waals surface area contributed by atoms with Gasteiger partial charge in [-0.1, -0.05) is 0 Å². The van der Waals surface area contributed by atoms with Crippen LogP contribution in [0.5, 0.6) is 0 Å². The molecule has 0 bridgehead atoms. The van der Waals surface area contributed by atoms with Gasteiger partial charge in [-0.3, -0.25) is 4.79 Å². The van der Waals surface area contributed by atoms with Crippen molar-refractivity contribution in [2.45, 2.75) is 38.9 Å². The Hall–Kier alpha value is -1.10. The van der Waals surface area contributed by atoms with Crippen molar-refractivity contribution in [3.63, 3.8) is 0 Å². The number of aliphatic hydroxyl groups is 1. The van der Waals surface area contributed by atoms with E-state index < -0.39 is 23.7 Å². The molecule has 1 aliphatic heterocycles. The number of carbonyl (C=O) groups excluding carboxylic acids is 2. The maximum Gasteiger partial charge on any atom is 0.417 e. The van der Waals surface area contributed by atoms with Crippen LogP contribution in [0.3, 0.4) is 0 Å². The first-order chi connectivity index (χ1) is 6.31. The predicted molar refractivity (Wildman–Crippen MR) is 48.6 cm³/mol. The molecular weight excluding hydrogens is 186 g/mol. The summed E-state index contributed by atoms with van der Waals surface area (Å²) < 4.78 is 5.00. The third-order valence-corrected chi connectivity index (χ3v) is 1.79. The molecule has 2 amide bonds. The summed E-state index contributed by atoms with van der Waals surface area (Å²) in [5.74, 6) is -0.570. The van der Waals surface area contributed by atoms with Crippen molar-refractivity contribution < 1.29 is 19.4 Å².